The molecule has 0 heterocycles. The van der Waals surface area contributed by atoms with E-state index >= 15 is 0 Å². The molecule has 0 saturated heterocycles. The molecule has 0 fully saturated rings. The van der Waals surface area contributed by atoms with Crippen LogP contribution in [0.15, 0.2) is 53.4 Å². The number of ether oxygens (including phenoxy) is 1. The number of nitrogens with one attached hydrogen (secondary N) is 1. The number of amides is 2. The fourth-order valence-corrected chi connectivity index (χ4v) is 3.83. The first kappa shape index (κ1) is 23.5. The zero-order valence-corrected chi connectivity index (χ0v) is 17.7. The van der Waals surface area contributed by atoms with E-state index < -0.39 is 9.84 Å². The summed E-state index contributed by atoms with van der Waals surface area (Å²) in [5.41, 5.74) is 1.03. The quantitative estimate of drug-likeness (QED) is 0.615. The Morgan fingerprint density at radius 2 is 1.70 bits per heavy atom. The molecule has 162 valence electrons. The highest BCUT2D eigenvalue weighted by atomic mass is 32.2. The summed E-state index contributed by atoms with van der Waals surface area (Å²) in [7, 11) is -2.06. The van der Waals surface area contributed by atoms with Crippen molar-refractivity contribution in [3.05, 3.63) is 65.5 Å². The molecular formula is C21H25FN2O5S. The summed E-state index contributed by atoms with van der Waals surface area (Å²) in [5, 5.41) is 2.69. The van der Waals surface area contributed by atoms with Gasteiger partial charge in [-0.2, -0.15) is 0 Å². The zero-order chi connectivity index (χ0) is 22.1. The molecule has 2 amide bonds. The van der Waals surface area contributed by atoms with E-state index in [9.17, 15) is 22.4 Å². The molecule has 0 aliphatic heterocycles. The van der Waals surface area contributed by atoms with Crippen LogP contribution >= 0.6 is 0 Å². The smallest absolute Gasteiger partial charge is 0.254 e. The Kier molecular flexibility index (Phi) is 8.49. The molecule has 0 bridgehead atoms. The first-order valence-electron chi connectivity index (χ1n) is 9.39. The van der Waals surface area contributed by atoms with Gasteiger partial charge in [-0.3, -0.25) is 9.59 Å². The molecule has 1 N–H and O–H groups in total. The van der Waals surface area contributed by atoms with Crippen molar-refractivity contribution in [3.8, 4) is 0 Å². The molecule has 0 aromatic heterocycles. The highest BCUT2D eigenvalue weighted by Gasteiger charge is 2.19. The highest BCUT2D eigenvalue weighted by Crippen LogP contribution is 2.14. The zero-order valence-electron chi connectivity index (χ0n) is 16.9. The van der Waals surface area contributed by atoms with Crippen molar-refractivity contribution in [2.45, 2.75) is 18.4 Å². The Morgan fingerprint density at radius 3 is 2.27 bits per heavy atom. The number of benzene rings is 2. The van der Waals surface area contributed by atoms with E-state index in [1.165, 1.54) is 48.4 Å². The van der Waals surface area contributed by atoms with E-state index in [1.54, 1.807) is 19.1 Å². The van der Waals surface area contributed by atoms with Crippen LogP contribution in [0.3, 0.4) is 0 Å². The van der Waals surface area contributed by atoms with Gasteiger partial charge in [-0.25, -0.2) is 12.8 Å². The van der Waals surface area contributed by atoms with Crippen molar-refractivity contribution in [1.82, 2.24) is 10.2 Å². The minimum atomic E-state index is -3.48. The van der Waals surface area contributed by atoms with Crippen LogP contribution in [0, 0.1) is 5.82 Å². The van der Waals surface area contributed by atoms with Crippen LogP contribution in [0.1, 0.15) is 22.8 Å². The number of carbonyl (C=O) groups is 2. The van der Waals surface area contributed by atoms with E-state index in [2.05, 4.69) is 5.32 Å². The van der Waals surface area contributed by atoms with Crippen LogP contribution < -0.4 is 5.32 Å². The molecule has 0 aliphatic carbocycles. The predicted molar refractivity (Wildman–Crippen MR) is 110 cm³/mol. The molecule has 0 unspecified atom stereocenters. The summed E-state index contributed by atoms with van der Waals surface area (Å²) in [6.07, 6.45) is 0. The maximum absolute atomic E-state index is 12.9. The molecule has 0 aliphatic rings. The Morgan fingerprint density at radius 1 is 1.07 bits per heavy atom. The summed E-state index contributed by atoms with van der Waals surface area (Å²) < 4.78 is 42.1. The third-order valence-corrected chi connectivity index (χ3v) is 6.12. The van der Waals surface area contributed by atoms with E-state index in [4.69, 9.17) is 4.74 Å². The van der Waals surface area contributed by atoms with Crippen molar-refractivity contribution in [3.63, 3.8) is 0 Å². The number of hydrogen-bond acceptors (Lipinski definition) is 5. The lowest BCUT2D eigenvalue weighted by atomic mass is 10.2. The largest absolute Gasteiger partial charge is 0.384 e. The number of rotatable bonds is 10. The molecule has 0 atom stereocenters. The second kappa shape index (κ2) is 10.8. The molecule has 30 heavy (non-hydrogen) atoms. The van der Waals surface area contributed by atoms with E-state index in [1.807, 2.05) is 0 Å². The van der Waals surface area contributed by atoms with E-state index in [-0.39, 0.29) is 53.5 Å². The van der Waals surface area contributed by atoms with Gasteiger partial charge < -0.3 is 15.0 Å². The van der Waals surface area contributed by atoms with Crippen molar-refractivity contribution in [1.29, 1.82) is 0 Å². The number of likely N-dealkylation sites (N-methyl/N-ethyl adjacent to an activating group) is 1. The Bertz CT molecular complexity index is 960. The van der Waals surface area contributed by atoms with E-state index in [0.717, 1.165) is 5.56 Å². The number of methoxy groups -OCH3 is 1. The monoisotopic (exact) mass is 436 g/mol. The lowest BCUT2D eigenvalue weighted by Crippen LogP contribution is -2.40. The first-order chi connectivity index (χ1) is 14.3. The van der Waals surface area contributed by atoms with Gasteiger partial charge in [0.1, 0.15) is 5.82 Å². The minimum Gasteiger partial charge on any atom is -0.384 e. The summed E-state index contributed by atoms with van der Waals surface area (Å²) in [6.45, 7) is 2.20. The van der Waals surface area contributed by atoms with Crippen LogP contribution in [0.5, 0.6) is 0 Å². The van der Waals surface area contributed by atoms with Gasteiger partial charge in [-0.1, -0.05) is 12.1 Å². The van der Waals surface area contributed by atoms with Gasteiger partial charge in [-0.05, 0) is 48.9 Å². The summed E-state index contributed by atoms with van der Waals surface area (Å²) in [6, 6.07) is 11.4. The van der Waals surface area contributed by atoms with Crippen molar-refractivity contribution >= 4 is 21.7 Å². The molecular weight excluding hydrogens is 411 g/mol. The Labute approximate surface area is 175 Å². The minimum absolute atomic E-state index is 0.0830. The maximum atomic E-state index is 12.9. The lowest BCUT2D eigenvalue weighted by Gasteiger charge is -2.20. The van der Waals surface area contributed by atoms with Crippen LogP contribution in [0.2, 0.25) is 0 Å². The van der Waals surface area contributed by atoms with Gasteiger partial charge in [0.05, 0.1) is 23.8 Å². The topological polar surface area (TPSA) is 92.8 Å². The van der Waals surface area contributed by atoms with Gasteiger partial charge in [0.25, 0.3) is 5.91 Å². The number of nitrogens with zero attached hydrogens (tertiary/aromatic N) is 1. The lowest BCUT2D eigenvalue weighted by molar-refractivity contribution is -0.121. The molecule has 2 aromatic rings. The van der Waals surface area contributed by atoms with Crippen LogP contribution in [0.25, 0.3) is 0 Å². The maximum Gasteiger partial charge on any atom is 0.254 e. The number of sulfone groups is 1. The highest BCUT2D eigenvalue weighted by molar-refractivity contribution is 7.91. The third kappa shape index (κ3) is 6.64. The van der Waals surface area contributed by atoms with Gasteiger partial charge >= 0.3 is 0 Å². The SMILES string of the molecule is CCN(CC(=O)NCc1ccc(F)cc1)C(=O)c1ccc(S(=O)(=O)CCOC)cc1. The summed E-state index contributed by atoms with van der Waals surface area (Å²) in [4.78, 5) is 26.4. The molecule has 0 saturated carbocycles. The van der Waals surface area contributed by atoms with Crippen molar-refractivity contribution in [2.75, 3.05) is 32.6 Å². The van der Waals surface area contributed by atoms with Crippen molar-refractivity contribution < 1.29 is 27.1 Å². The Balaban J connectivity index is 1.97. The summed E-state index contributed by atoms with van der Waals surface area (Å²) in [5.74, 6) is -1.24. The van der Waals surface area contributed by atoms with Crippen LogP contribution in [0.4, 0.5) is 4.39 Å². The third-order valence-electron chi connectivity index (χ3n) is 4.42. The molecule has 2 rings (SSSR count). The van der Waals surface area contributed by atoms with Gasteiger partial charge in [0, 0.05) is 25.8 Å². The van der Waals surface area contributed by atoms with Crippen molar-refractivity contribution in [2.24, 2.45) is 0 Å². The second-order valence-corrected chi connectivity index (χ2v) is 8.67. The predicted octanol–water partition coefficient (Wildman–Crippen LogP) is 2.02. The fraction of sp³-hybridized carbons (Fsp3) is 0.333. The van der Waals surface area contributed by atoms with Crippen LogP contribution in [-0.4, -0.2) is 57.7 Å². The molecule has 7 nitrogen and oxygen atoms in total. The second-order valence-electron chi connectivity index (χ2n) is 6.56. The molecule has 9 heteroatoms. The van der Waals surface area contributed by atoms with E-state index in [0.29, 0.717) is 6.54 Å². The van der Waals surface area contributed by atoms with Gasteiger partial charge in [0.2, 0.25) is 5.91 Å². The van der Waals surface area contributed by atoms with Gasteiger partial charge in [0.15, 0.2) is 9.84 Å². The van der Waals surface area contributed by atoms with Crippen LogP contribution in [-0.2, 0) is 25.9 Å². The average Bonchev–Trinajstić information content (AvgIpc) is 2.75. The average molecular weight is 437 g/mol. The fourth-order valence-electron chi connectivity index (χ4n) is 2.66. The normalized spacial score (nSPS) is 11.2. The standard InChI is InChI=1S/C21H25FN2O5S/c1-3-24(15-20(25)23-14-16-4-8-18(22)9-5-16)21(26)17-6-10-19(11-7-17)30(27,28)13-12-29-2/h4-11H,3,12-15H2,1-2H3,(H,23,25). The first-order valence-corrected chi connectivity index (χ1v) is 11.0. The molecule has 0 radical (unpaired) electrons. The Hall–Kier alpha value is -2.78. The molecule has 0 spiro atoms. The molecule has 2 aromatic carbocycles. The number of halogens is 1. The number of carbonyl (C=O) groups excluding carboxylic acids is 2. The number of hydrogen-bond donors (Lipinski definition) is 1. The van der Waals surface area contributed by atoms with Gasteiger partial charge in [-0.15, -0.1) is 0 Å². The summed E-state index contributed by atoms with van der Waals surface area (Å²) >= 11 is 0.